The second-order valence-corrected chi connectivity index (χ2v) is 5.17. The second kappa shape index (κ2) is 5.46. The number of hydrogen-bond donors (Lipinski definition) is 1. The van der Waals surface area contributed by atoms with E-state index in [4.69, 9.17) is 4.42 Å². The van der Waals surface area contributed by atoms with Gasteiger partial charge in [0.15, 0.2) is 12.0 Å². The SMILES string of the molecule is O=C(NCc1ccc2ncoc2c1)c1ccccc1Br. The molecule has 0 saturated heterocycles. The number of fused-ring (bicyclic) bond motifs is 1. The van der Waals surface area contributed by atoms with Crippen LogP contribution in [0.15, 0.2) is 57.7 Å². The molecular weight excluding hydrogens is 320 g/mol. The van der Waals surface area contributed by atoms with Gasteiger partial charge in [-0.2, -0.15) is 0 Å². The molecule has 100 valence electrons. The number of nitrogens with one attached hydrogen (secondary N) is 1. The van der Waals surface area contributed by atoms with Crippen LogP contribution in [0.5, 0.6) is 0 Å². The molecule has 20 heavy (non-hydrogen) atoms. The molecule has 0 atom stereocenters. The van der Waals surface area contributed by atoms with Crippen LogP contribution in [0, 0.1) is 0 Å². The van der Waals surface area contributed by atoms with Gasteiger partial charge in [-0.1, -0.05) is 18.2 Å². The zero-order valence-electron chi connectivity index (χ0n) is 10.5. The Hall–Kier alpha value is -2.14. The number of oxazole rings is 1. The van der Waals surface area contributed by atoms with Gasteiger partial charge in [0.2, 0.25) is 0 Å². The van der Waals surface area contributed by atoms with Gasteiger partial charge < -0.3 is 9.73 Å². The van der Waals surface area contributed by atoms with Gasteiger partial charge in [0.05, 0.1) is 5.56 Å². The number of hydrogen-bond acceptors (Lipinski definition) is 3. The lowest BCUT2D eigenvalue weighted by atomic mass is 10.2. The summed E-state index contributed by atoms with van der Waals surface area (Å²) in [6.07, 6.45) is 1.41. The Morgan fingerprint density at radius 3 is 2.95 bits per heavy atom. The molecule has 5 heteroatoms. The second-order valence-electron chi connectivity index (χ2n) is 4.32. The fraction of sp³-hybridized carbons (Fsp3) is 0.0667. The molecule has 1 aromatic heterocycles. The highest BCUT2D eigenvalue weighted by Crippen LogP contribution is 2.17. The van der Waals surface area contributed by atoms with Crippen LogP contribution in [0.3, 0.4) is 0 Å². The third-order valence-corrected chi connectivity index (χ3v) is 3.66. The molecule has 3 rings (SSSR count). The van der Waals surface area contributed by atoms with E-state index in [-0.39, 0.29) is 5.91 Å². The smallest absolute Gasteiger partial charge is 0.252 e. The summed E-state index contributed by atoms with van der Waals surface area (Å²) < 4.78 is 6.02. The van der Waals surface area contributed by atoms with E-state index < -0.39 is 0 Å². The lowest BCUT2D eigenvalue weighted by molar-refractivity contribution is 0.0950. The summed E-state index contributed by atoms with van der Waals surface area (Å²) in [5, 5.41) is 2.88. The van der Waals surface area contributed by atoms with Gasteiger partial charge in [-0.25, -0.2) is 4.98 Å². The number of nitrogens with zero attached hydrogens (tertiary/aromatic N) is 1. The number of carbonyl (C=O) groups excluding carboxylic acids is 1. The predicted molar refractivity (Wildman–Crippen MR) is 79.3 cm³/mol. The van der Waals surface area contributed by atoms with Gasteiger partial charge >= 0.3 is 0 Å². The Morgan fingerprint density at radius 2 is 2.10 bits per heavy atom. The highest BCUT2D eigenvalue weighted by atomic mass is 79.9. The summed E-state index contributed by atoms with van der Waals surface area (Å²) in [6.45, 7) is 0.441. The van der Waals surface area contributed by atoms with Crippen LogP contribution in [0.4, 0.5) is 0 Å². The van der Waals surface area contributed by atoms with Gasteiger partial charge in [0.1, 0.15) is 5.52 Å². The van der Waals surface area contributed by atoms with Crippen molar-refractivity contribution < 1.29 is 9.21 Å². The molecule has 0 unspecified atom stereocenters. The molecule has 0 aliphatic heterocycles. The molecule has 1 heterocycles. The molecule has 2 aromatic carbocycles. The monoisotopic (exact) mass is 330 g/mol. The third kappa shape index (κ3) is 2.58. The highest BCUT2D eigenvalue weighted by Gasteiger charge is 2.09. The van der Waals surface area contributed by atoms with E-state index in [1.165, 1.54) is 6.39 Å². The first-order chi connectivity index (χ1) is 9.74. The number of benzene rings is 2. The van der Waals surface area contributed by atoms with Gasteiger partial charge in [0.25, 0.3) is 5.91 Å². The molecular formula is C15H11BrN2O2. The Labute approximate surface area is 123 Å². The van der Waals surface area contributed by atoms with Crippen molar-refractivity contribution in [2.24, 2.45) is 0 Å². The lowest BCUT2D eigenvalue weighted by Crippen LogP contribution is -2.23. The molecule has 0 aliphatic rings. The first kappa shape index (κ1) is 12.9. The van der Waals surface area contributed by atoms with E-state index in [9.17, 15) is 4.79 Å². The molecule has 0 spiro atoms. The Morgan fingerprint density at radius 1 is 1.25 bits per heavy atom. The molecule has 0 fully saturated rings. The van der Waals surface area contributed by atoms with E-state index in [0.29, 0.717) is 12.1 Å². The van der Waals surface area contributed by atoms with Crippen molar-refractivity contribution in [3.63, 3.8) is 0 Å². The van der Waals surface area contributed by atoms with E-state index in [0.717, 1.165) is 21.1 Å². The Bertz CT molecular complexity index is 767. The molecule has 0 bridgehead atoms. The molecule has 0 aliphatic carbocycles. The molecule has 4 nitrogen and oxygen atoms in total. The summed E-state index contributed by atoms with van der Waals surface area (Å²) in [6, 6.07) is 13.0. The maximum Gasteiger partial charge on any atom is 0.252 e. The highest BCUT2D eigenvalue weighted by molar-refractivity contribution is 9.10. The van der Waals surface area contributed by atoms with Crippen molar-refractivity contribution in [2.45, 2.75) is 6.54 Å². The van der Waals surface area contributed by atoms with E-state index in [2.05, 4.69) is 26.2 Å². The largest absolute Gasteiger partial charge is 0.443 e. The van der Waals surface area contributed by atoms with Crippen molar-refractivity contribution in [1.82, 2.24) is 10.3 Å². The van der Waals surface area contributed by atoms with Gasteiger partial charge in [-0.05, 0) is 45.8 Å². The fourth-order valence-electron chi connectivity index (χ4n) is 1.93. The average Bonchev–Trinajstić information content (AvgIpc) is 2.92. The molecule has 0 radical (unpaired) electrons. The Balaban J connectivity index is 1.73. The van der Waals surface area contributed by atoms with Crippen molar-refractivity contribution in [3.05, 3.63) is 64.5 Å². The summed E-state index contributed by atoms with van der Waals surface area (Å²) in [5.41, 5.74) is 3.12. The molecule has 1 N–H and O–H groups in total. The number of carbonyl (C=O) groups is 1. The van der Waals surface area contributed by atoms with Gasteiger partial charge in [-0.15, -0.1) is 0 Å². The van der Waals surface area contributed by atoms with Crippen LogP contribution < -0.4 is 5.32 Å². The Kier molecular flexibility index (Phi) is 3.52. The standard InChI is InChI=1S/C15H11BrN2O2/c16-12-4-2-1-3-11(12)15(19)17-8-10-5-6-13-14(7-10)20-9-18-13/h1-7,9H,8H2,(H,17,19). The summed E-state index contributed by atoms with van der Waals surface area (Å²) in [4.78, 5) is 16.1. The average molecular weight is 331 g/mol. The maximum absolute atomic E-state index is 12.1. The minimum atomic E-state index is -0.116. The van der Waals surface area contributed by atoms with Gasteiger partial charge in [-0.3, -0.25) is 4.79 Å². The summed E-state index contributed by atoms with van der Waals surface area (Å²) >= 11 is 3.37. The van der Waals surface area contributed by atoms with Gasteiger partial charge in [0, 0.05) is 11.0 Å². The molecule has 0 saturated carbocycles. The van der Waals surface area contributed by atoms with Crippen molar-refractivity contribution in [3.8, 4) is 0 Å². The van der Waals surface area contributed by atoms with Crippen LogP contribution in [-0.4, -0.2) is 10.9 Å². The summed E-state index contributed by atoms with van der Waals surface area (Å²) in [5.74, 6) is -0.116. The number of rotatable bonds is 3. The first-order valence-corrected chi connectivity index (χ1v) is 6.88. The predicted octanol–water partition coefficient (Wildman–Crippen LogP) is 3.52. The fourth-order valence-corrected chi connectivity index (χ4v) is 2.40. The molecule has 1 amide bonds. The normalized spacial score (nSPS) is 10.7. The number of halogens is 1. The lowest BCUT2D eigenvalue weighted by Gasteiger charge is -2.06. The van der Waals surface area contributed by atoms with Crippen LogP contribution in [0.2, 0.25) is 0 Å². The zero-order valence-corrected chi connectivity index (χ0v) is 12.1. The van der Waals surface area contributed by atoms with E-state index >= 15 is 0 Å². The van der Waals surface area contributed by atoms with Crippen molar-refractivity contribution in [2.75, 3.05) is 0 Å². The maximum atomic E-state index is 12.1. The number of amides is 1. The van der Waals surface area contributed by atoms with E-state index in [1.54, 1.807) is 6.07 Å². The quantitative estimate of drug-likeness (QED) is 0.799. The number of aromatic nitrogens is 1. The first-order valence-electron chi connectivity index (χ1n) is 6.09. The van der Waals surface area contributed by atoms with Crippen molar-refractivity contribution in [1.29, 1.82) is 0 Å². The minimum absolute atomic E-state index is 0.116. The van der Waals surface area contributed by atoms with Crippen molar-refractivity contribution >= 4 is 32.9 Å². The van der Waals surface area contributed by atoms with Crippen LogP contribution >= 0.6 is 15.9 Å². The molecule has 3 aromatic rings. The topological polar surface area (TPSA) is 55.1 Å². The minimum Gasteiger partial charge on any atom is -0.443 e. The zero-order chi connectivity index (χ0) is 13.9. The van der Waals surface area contributed by atoms with Crippen LogP contribution in [-0.2, 0) is 6.54 Å². The summed E-state index contributed by atoms with van der Waals surface area (Å²) in [7, 11) is 0. The van der Waals surface area contributed by atoms with E-state index in [1.807, 2.05) is 36.4 Å². The van der Waals surface area contributed by atoms with Crippen LogP contribution in [0.25, 0.3) is 11.1 Å². The third-order valence-electron chi connectivity index (χ3n) is 2.97. The van der Waals surface area contributed by atoms with Crippen LogP contribution in [0.1, 0.15) is 15.9 Å².